The van der Waals surface area contributed by atoms with Gasteiger partial charge in [0.2, 0.25) is 0 Å². The van der Waals surface area contributed by atoms with Crippen LogP contribution in [0, 0.1) is 0 Å². The Bertz CT molecular complexity index is 967. The largest absolute Gasteiger partial charge is 0.497 e. The monoisotopic (exact) mass is 378 g/mol. The van der Waals surface area contributed by atoms with Crippen molar-refractivity contribution in [3.8, 4) is 5.75 Å². The molecule has 0 aromatic heterocycles. The molecule has 4 aromatic rings. The van der Waals surface area contributed by atoms with Crippen LogP contribution in [-0.2, 0) is 11.8 Å². The van der Waals surface area contributed by atoms with E-state index >= 15 is 0 Å². The Morgan fingerprint density at radius 2 is 1.00 bits per heavy atom. The molecular formula is C28H26O. The van der Waals surface area contributed by atoms with E-state index in [2.05, 4.69) is 115 Å². The Labute approximate surface area is 173 Å². The van der Waals surface area contributed by atoms with Crippen molar-refractivity contribution >= 4 is 0 Å². The molecule has 4 rings (SSSR count). The van der Waals surface area contributed by atoms with Gasteiger partial charge in [0.1, 0.15) is 5.75 Å². The molecule has 29 heavy (non-hydrogen) atoms. The van der Waals surface area contributed by atoms with Gasteiger partial charge in [0, 0.05) is 5.41 Å². The number of methoxy groups -OCH3 is 1. The minimum atomic E-state index is -0.232. The van der Waals surface area contributed by atoms with Gasteiger partial charge in [-0.2, -0.15) is 0 Å². The zero-order chi connectivity index (χ0) is 19.9. The highest BCUT2D eigenvalue weighted by atomic mass is 16.5. The second kappa shape index (κ2) is 8.79. The molecule has 0 saturated carbocycles. The summed E-state index contributed by atoms with van der Waals surface area (Å²) in [6.07, 6.45) is 1.98. The first-order valence-electron chi connectivity index (χ1n) is 10.1. The van der Waals surface area contributed by atoms with Crippen molar-refractivity contribution in [1.82, 2.24) is 0 Å². The van der Waals surface area contributed by atoms with E-state index in [1.165, 1.54) is 22.3 Å². The highest BCUT2D eigenvalue weighted by molar-refractivity contribution is 5.51. The molecule has 0 saturated heterocycles. The lowest BCUT2D eigenvalue weighted by atomic mass is 9.66. The second-order valence-corrected chi connectivity index (χ2v) is 7.35. The topological polar surface area (TPSA) is 9.23 Å². The van der Waals surface area contributed by atoms with Crippen LogP contribution in [-0.4, -0.2) is 7.11 Å². The van der Waals surface area contributed by atoms with E-state index in [-0.39, 0.29) is 5.41 Å². The molecule has 0 amide bonds. The minimum absolute atomic E-state index is 0.232. The maximum absolute atomic E-state index is 5.42. The molecule has 0 bridgehead atoms. The summed E-state index contributed by atoms with van der Waals surface area (Å²) in [6.45, 7) is 0. The molecule has 0 aliphatic rings. The first kappa shape index (κ1) is 19.0. The number of ether oxygens (including phenoxy) is 1. The lowest BCUT2D eigenvalue weighted by molar-refractivity contribution is 0.414. The molecule has 0 aliphatic heterocycles. The van der Waals surface area contributed by atoms with E-state index in [4.69, 9.17) is 4.74 Å². The van der Waals surface area contributed by atoms with Crippen molar-refractivity contribution in [3.63, 3.8) is 0 Å². The molecule has 0 unspecified atom stereocenters. The van der Waals surface area contributed by atoms with Gasteiger partial charge in [-0.15, -0.1) is 0 Å². The molecule has 0 N–H and O–H groups in total. The Morgan fingerprint density at radius 3 is 1.48 bits per heavy atom. The van der Waals surface area contributed by atoms with Crippen molar-refractivity contribution in [3.05, 3.63) is 138 Å². The summed E-state index contributed by atoms with van der Waals surface area (Å²) in [4.78, 5) is 0. The van der Waals surface area contributed by atoms with E-state index in [0.29, 0.717) is 0 Å². The van der Waals surface area contributed by atoms with Gasteiger partial charge in [-0.25, -0.2) is 0 Å². The van der Waals surface area contributed by atoms with Crippen molar-refractivity contribution in [2.75, 3.05) is 7.11 Å². The van der Waals surface area contributed by atoms with Crippen molar-refractivity contribution in [1.29, 1.82) is 0 Å². The average molecular weight is 379 g/mol. The normalized spacial score (nSPS) is 11.2. The van der Waals surface area contributed by atoms with E-state index < -0.39 is 0 Å². The number of rotatable bonds is 7. The quantitative estimate of drug-likeness (QED) is 0.327. The first-order chi connectivity index (χ1) is 14.3. The van der Waals surface area contributed by atoms with E-state index in [9.17, 15) is 0 Å². The predicted octanol–water partition coefficient (Wildman–Crippen LogP) is 6.66. The zero-order valence-electron chi connectivity index (χ0n) is 16.8. The lowest BCUT2D eigenvalue weighted by Crippen LogP contribution is -2.30. The summed E-state index contributed by atoms with van der Waals surface area (Å²) in [5.41, 5.74) is 5.04. The van der Waals surface area contributed by atoms with Crippen LogP contribution in [0.3, 0.4) is 0 Å². The molecule has 1 nitrogen and oxygen atoms in total. The fourth-order valence-corrected chi connectivity index (χ4v) is 4.23. The zero-order valence-corrected chi connectivity index (χ0v) is 16.8. The lowest BCUT2D eigenvalue weighted by Gasteiger charge is -2.36. The smallest absolute Gasteiger partial charge is 0.118 e. The third-order valence-electron chi connectivity index (χ3n) is 5.75. The van der Waals surface area contributed by atoms with Gasteiger partial charge in [-0.05, 0) is 47.2 Å². The van der Waals surface area contributed by atoms with Crippen molar-refractivity contribution in [2.24, 2.45) is 0 Å². The summed E-state index contributed by atoms with van der Waals surface area (Å²) in [5, 5.41) is 0. The molecule has 0 fully saturated rings. The third kappa shape index (κ3) is 3.95. The first-order valence-corrected chi connectivity index (χ1v) is 10.1. The van der Waals surface area contributed by atoms with Crippen LogP contribution < -0.4 is 4.74 Å². The van der Waals surface area contributed by atoms with Crippen molar-refractivity contribution < 1.29 is 4.74 Å². The van der Waals surface area contributed by atoms with Crippen LogP contribution in [0.15, 0.2) is 115 Å². The van der Waals surface area contributed by atoms with Gasteiger partial charge in [0.05, 0.1) is 7.11 Å². The number of hydrogen-bond acceptors (Lipinski definition) is 1. The second-order valence-electron chi connectivity index (χ2n) is 7.35. The van der Waals surface area contributed by atoms with Crippen LogP contribution in [0.1, 0.15) is 28.7 Å². The van der Waals surface area contributed by atoms with Crippen LogP contribution in [0.5, 0.6) is 5.75 Å². The summed E-state index contributed by atoms with van der Waals surface area (Å²) in [5.74, 6) is 0.881. The number of aryl methyl sites for hydroxylation is 1. The third-order valence-corrected chi connectivity index (χ3v) is 5.75. The van der Waals surface area contributed by atoms with Gasteiger partial charge < -0.3 is 4.74 Å². The van der Waals surface area contributed by atoms with Gasteiger partial charge in [-0.3, -0.25) is 0 Å². The maximum atomic E-state index is 5.42. The molecule has 4 aromatic carbocycles. The Morgan fingerprint density at radius 1 is 0.552 bits per heavy atom. The molecule has 0 atom stereocenters. The van der Waals surface area contributed by atoms with Crippen LogP contribution in [0.4, 0.5) is 0 Å². The Kier molecular flexibility index (Phi) is 5.76. The predicted molar refractivity (Wildman–Crippen MR) is 121 cm³/mol. The average Bonchev–Trinajstić information content (AvgIpc) is 2.82. The van der Waals surface area contributed by atoms with Gasteiger partial charge in [-0.1, -0.05) is 103 Å². The van der Waals surface area contributed by atoms with E-state index in [1.807, 2.05) is 0 Å². The van der Waals surface area contributed by atoms with Crippen LogP contribution in [0.25, 0.3) is 0 Å². The molecule has 0 radical (unpaired) electrons. The SMILES string of the molecule is COc1ccc(C(CCc2ccccc2)(c2ccccc2)c2ccccc2)cc1. The summed E-state index contributed by atoms with van der Waals surface area (Å²) < 4.78 is 5.42. The van der Waals surface area contributed by atoms with E-state index in [0.717, 1.165) is 18.6 Å². The number of hydrogen-bond donors (Lipinski definition) is 0. The molecule has 0 spiro atoms. The van der Waals surface area contributed by atoms with Crippen LogP contribution >= 0.6 is 0 Å². The molecular weight excluding hydrogens is 352 g/mol. The standard InChI is InChI=1S/C28H26O/c1-29-27-19-17-26(18-20-27)28(24-13-7-3-8-14-24,25-15-9-4-10-16-25)22-21-23-11-5-2-6-12-23/h2-20H,21-22H2,1H3. The summed E-state index contributed by atoms with van der Waals surface area (Å²) in [6, 6.07) is 41.0. The molecule has 144 valence electrons. The fraction of sp³-hybridized carbons (Fsp3) is 0.143. The molecule has 0 aliphatic carbocycles. The number of benzene rings is 4. The van der Waals surface area contributed by atoms with Gasteiger partial charge in [0.25, 0.3) is 0 Å². The molecule has 0 heterocycles. The minimum Gasteiger partial charge on any atom is -0.497 e. The highest BCUT2D eigenvalue weighted by Crippen LogP contribution is 2.43. The highest BCUT2D eigenvalue weighted by Gasteiger charge is 2.35. The Hall–Kier alpha value is -3.32. The summed E-state index contributed by atoms with van der Waals surface area (Å²) >= 11 is 0. The van der Waals surface area contributed by atoms with Gasteiger partial charge >= 0.3 is 0 Å². The summed E-state index contributed by atoms with van der Waals surface area (Å²) in [7, 11) is 1.71. The van der Waals surface area contributed by atoms with Crippen LogP contribution in [0.2, 0.25) is 0 Å². The fourth-order valence-electron chi connectivity index (χ4n) is 4.23. The Balaban J connectivity index is 1.89. The molecule has 1 heteroatoms. The van der Waals surface area contributed by atoms with Crippen molar-refractivity contribution in [2.45, 2.75) is 18.3 Å². The van der Waals surface area contributed by atoms with E-state index in [1.54, 1.807) is 7.11 Å². The maximum Gasteiger partial charge on any atom is 0.118 e. The van der Waals surface area contributed by atoms with Gasteiger partial charge in [0.15, 0.2) is 0 Å².